The first-order valence-corrected chi connectivity index (χ1v) is 6.03. The van der Waals surface area contributed by atoms with E-state index in [1.807, 2.05) is 19.9 Å². The van der Waals surface area contributed by atoms with E-state index in [2.05, 4.69) is 6.92 Å². The molecule has 18 heavy (non-hydrogen) atoms. The van der Waals surface area contributed by atoms with Crippen molar-refractivity contribution in [2.24, 2.45) is 5.73 Å². The van der Waals surface area contributed by atoms with Gasteiger partial charge in [0.25, 0.3) is 5.69 Å². The summed E-state index contributed by atoms with van der Waals surface area (Å²) in [7, 11) is 0. The molecule has 0 unspecified atom stereocenters. The summed E-state index contributed by atoms with van der Waals surface area (Å²) in [6.07, 6.45) is 1.62. The van der Waals surface area contributed by atoms with Crippen molar-refractivity contribution in [2.45, 2.75) is 39.2 Å². The molecule has 0 saturated carbocycles. The standard InChI is InChI=1S/C14H18N2O2/c1-9-6-10-4-5-11(16(17)18)7-12(10)13(9)8-14(2,3)15/h4-5,7H,6,8,15H2,1-3H3. The zero-order valence-corrected chi connectivity index (χ0v) is 11.0. The van der Waals surface area contributed by atoms with Crippen molar-refractivity contribution in [3.63, 3.8) is 0 Å². The zero-order chi connectivity index (χ0) is 13.5. The van der Waals surface area contributed by atoms with Gasteiger partial charge in [-0.1, -0.05) is 11.6 Å². The van der Waals surface area contributed by atoms with Crippen molar-refractivity contribution >= 4 is 11.3 Å². The number of nitro benzene ring substituents is 1. The molecule has 0 aliphatic heterocycles. The molecule has 2 rings (SSSR count). The summed E-state index contributed by atoms with van der Waals surface area (Å²) in [6.45, 7) is 6.03. The maximum absolute atomic E-state index is 10.8. The number of hydrogen-bond acceptors (Lipinski definition) is 3. The molecule has 0 heterocycles. The number of allylic oxidation sites excluding steroid dienone is 1. The van der Waals surface area contributed by atoms with Crippen molar-refractivity contribution in [3.05, 3.63) is 45.0 Å². The van der Waals surface area contributed by atoms with Crippen LogP contribution in [-0.4, -0.2) is 10.5 Å². The maximum atomic E-state index is 10.8. The predicted molar refractivity (Wildman–Crippen MR) is 72.3 cm³/mol. The number of nitrogens with two attached hydrogens (primary N) is 1. The van der Waals surface area contributed by atoms with Gasteiger partial charge in [-0.2, -0.15) is 0 Å². The fraction of sp³-hybridized carbons (Fsp3) is 0.429. The highest BCUT2D eigenvalue weighted by atomic mass is 16.6. The number of non-ortho nitro benzene ring substituents is 1. The SMILES string of the molecule is CC1=C(CC(C)(C)N)c2cc([N+](=O)[O-])ccc2C1. The first-order valence-electron chi connectivity index (χ1n) is 6.03. The van der Waals surface area contributed by atoms with E-state index in [0.29, 0.717) is 0 Å². The Morgan fingerprint density at radius 1 is 1.44 bits per heavy atom. The Balaban J connectivity index is 2.44. The van der Waals surface area contributed by atoms with Gasteiger partial charge in [0.2, 0.25) is 0 Å². The van der Waals surface area contributed by atoms with Crippen LogP contribution in [0.2, 0.25) is 0 Å². The van der Waals surface area contributed by atoms with E-state index >= 15 is 0 Å². The molecule has 1 aliphatic carbocycles. The summed E-state index contributed by atoms with van der Waals surface area (Å²) in [5.74, 6) is 0. The molecule has 0 radical (unpaired) electrons. The highest BCUT2D eigenvalue weighted by Crippen LogP contribution is 2.38. The number of fused-ring (bicyclic) bond motifs is 1. The monoisotopic (exact) mass is 246 g/mol. The molecule has 0 fully saturated rings. The second kappa shape index (κ2) is 4.21. The van der Waals surface area contributed by atoms with E-state index in [1.165, 1.54) is 11.1 Å². The number of benzene rings is 1. The molecule has 0 amide bonds. The van der Waals surface area contributed by atoms with Crippen molar-refractivity contribution in [2.75, 3.05) is 0 Å². The van der Waals surface area contributed by atoms with Crippen LogP contribution in [0, 0.1) is 10.1 Å². The van der Waals surface area contributed by atoms with Crippen LogP contribution in [0.15, 0.2) is 23.8 Å². The second-order valence-electron chi connectivity index (χ2n) is 5.70. The van der Waals surface area contributed by atoms with Crippen molar-refractivity contribution in [1.82, 2.24) is 0 Å². The molecule has 0 bridgehead atoms. The van der Waals surface area contributed by atoms with Gasteiger partial charge < -0.3 is 5.73 Å². The first kappa shape index (κ1) is 12.8. The number of rotatable bonds is 3. The highest BCUT2D eigenvalue weighted by molar-refractivity contribution is 5.78. The van der Waals surface area contributed by atoms with Crippen molar-refractivity contribution < 1.29 is 4.92 Å². The van der Waals surface area contributed by atoms with Crippen molar-refractivity contribution in [3.8, 4) is 0 Å². The zero-order valence-electron chi connectivity index (χ0n) is 11.0. The minimum absolute atomic E-state index is 0.149. The molecule has 96 valence electrons. The summed E-state index contributed by atoms with van der Waals surface area (Å²) in [4.78, 5) is 10.5. The van der Waals surface area contributed by atoms with E-state index < -0.39 is 0 Å². The van der Waals surface area contributed by atoms with Gasteiger partial charge in [0.1, 0.15) is 0 Å². The minimum Gasteiger partial charge on any atom is -0.325 e. The summed E-state index contributed by atoms with van der Waals surface area (Å²) in [5, 5.41) is 10.8. The Kier molecular flexibility index (Phi) is 2.99. The molecule has 1 aromatic rings. The molecule has 4 heteroatoms. The summed E-state index contributed by atoms with van der Waals surface area (Å²) < 4.78 is 0. The van der Waals surface area contributed by atoms with Crippen LogP contribution >= 0.6 is 0 Å². The van der Waals surface area contributed by atoms with Gasteiger partial charge in [0, 0.05) is 17.7 Å². The van der Waals surface area contributed by atoms with Crippen LogP contribution in [0.3, 0.4) is 0 Å². The molecular weight excluding hydrogens is 228 g/mol. The predicted octanol–water partition coefficient (Wildman–Crippen LogP) is 3.05. The number of nitro groups is 1. The average molecular weight is 246 g/mol. The van der Waals surface area contributed by atoms with E-state index in [0.717, 1.165) is 24.0 Å². The van der Waals surface area contributed by atoms with E-state index in [9.17, 15) is 10.1 Å². The smallest absolute Gasteiger partial charge is 0.270 e. The fourth-order valence-corrected chi connectivity index (χ4v) is 2.44. The third-order valence-corrected chi connectivity index (χ3v) is 3.23. The quantitative estimate of drug-likeness (QED) is 0.658. The average Bonchev–Trinajstić information content (AvgIpc) is 2.53. The molecule has 4 nitrogen and oxygen atoms in total. The van der Waals surface area contributed by atoms with Gasteiger partial charge in [0.05, 0.1) is 4.92 Å². The molecule has 0 spiro atoms. The fourth-order valence-electron chi connectivity index (χ4n) is 2.44. The molecule has 0 aromatic heterocycles. The molecule has 2 N–H and O–H groups in total. The topological polar surface area (TPSA) is 69.2 Å². The number of nitrogens with zero attached hydrogens (tertiary/aromatic N) is 1. The Morgan fingerprint density at radius 3 is 2.67 bits per heavy atom. The lowest BCUT2D eigenvalue weighted by Crippen LogP contribution is -2.31. The maximum Gasteiger partial charge on any atom is 0.270 e. The van der Waals surface area contributed by atoms with Crippen LogP contribution in [0.4, 0.5) is 5.69 Å². The van der Waals surface area contributed by atoms with E-state index in [1.54, 1.807) is 12.1 Å². The largest absolute Gasteiger partial charge is 0.325 e. The third kappa shape index (κ3) is 2.43. The van der Waals surface area contributed by atoms with Gasteiger partial charge in [-0.25, -0.2) is 0 Å². The Hall–Kier alpha value is -1.68. The summed E-state index contributed by atoms with van der Waals surface area (Å²) in [6, 6.07) is 5.10. The highest BCUT2D eigenvalue weighted by Gasteiger charge is 2.25. The molecule has 0 saturated heterocycles. The van der Waals surface area contributed by atoms with E-state index in [-0.39, 0.29) is 16.1 Å². The van der Waals surface area contributed by atoms with Crippen LogP contribution in [0.25, 0.3) is 5.57 Å². The van der Waals surface area contributed by atoms with Gasteiger partial charge in [0.15, 0.2) is 0 Å². The molecule has 0 atom stereocenters. The van der Waals surface area contributed by atoms with Crippen molar-refractivity contribution in [1.29, 1.82) is 0 Å². The lowest BCUT2D eigenvalue weighted by molar-refractivity contribution is -0.384. The number of hydrogen-bond donors (Lipinski definition) is 1. The molecule has 1 aromatic carbocycles. The normalized spacial score (nSPS) is 14.9. The van der Waals surface area contributed by atoms with Gasteiger partial charge in [-0.15, -0.1) is 0 Å². The van der Waals surface area contributed by atoms with Crippen LogP contribution < -0.4 is 5.73 Å². The van der Waals surface area contributed by atoms with Gasteiger partial charge in [-0.05, 0) is 50.3 Å². The van der Waals surface area contributed by atoms with Crippen LogP contribution in [0.1, 0.15) is 38.3 Å². The van der Waals surface area contributed by atoms with Crippen LogP contribution in [0.5, 0.6) is 0 Å². The van der Waals surface area contributed by atoms with Gasteiger partial charge in [-0.3, -0.25) is 10.1 Å². The van der Waals surface area contributed by atoms with Crippen LogP contribution in [-0.2, 0) is 6.42 Å². The Morgan fingerprint density at radius 2 is 2.11 bits per heavy atom. The van der Waals surface area contributed by atoms with Gasteiger partial charge >= 0.3 is 0 Å². The third-order valence-electron chi connectivity index (χ3n) is 3.23. The summed E-state index contributed by atoms with van der Waals surface area (Å²) >= 11 is 0. The minimum atomic E-state index is -0.348. The Bertz CT molecular complexity index is 539. The first-order chi connectivity index (χ1) is 8.28. The lowest BCUT2D eigenvalue weighted by atomic mass is 9.91. The van der Waals surface area contributed by atoms with E-state index in [4.69, 9.17) is 5.73 Å². The second-order valence-corrected chi connectivity index (χ2v) is 5.70. The lowest BCUT2D eigenvalue weighted by Gasteiger charge is -2.20. The Labute approximate surface area is 107 Å². The summed E-state index contributed by atoms with van der Waals surface area (Å²) in [5.41, 5.74) is 10.5. The molecule has 1 aliphatic rings. The molecular formula is C14H18N2O2.